The number of hydrogen-bond donors (Lipinski definition) is 0. The second-order valence-corrected chi connectivity index (χ2v) is 7.59. The number of aromatic nitrogens is 1. The molecular weight excluding hydrogens is 392 g/mol. The van der Waals surface area contributed by atoms with E-state index in [0.717, 1.165) is 0 Å². The molecule has 0 spiro atoms. The van der Waals surface area contributed by atoms with Crippen LogP contribution in [-0.4, -0.2) is 55.8 Å². The van der Waals surface area contributed by atoms with Gasteiger partial charge in [0.15, 0.2) is 0 Å². The van der Waals surface area contributed by atoms with Crippen molar-refractivity contribution < 1.29 is 33.3 Å². The Morgan fingerprint density at radius 1 is 1.03 bits per heavy atom. The lowest BCUT2D eigenvalue weighted by atomic mass is 10.1. The van der Waals surface area contributed by atoms with Crippen molar-refractivity contribution in [3.05, 3.63) is 41.7 Å². The zero-order valence-corrected chi connectivity index (χ0v) is 17.6. The molecule has 2 aromatic rings. The van der Waals surface area contributed by atoms with E-state index < -0.39 is 23.6 Å². The molecule has 3 rings (SSSR count). The highest BCUT2D eigenvalue weighted by molar-refractivity contribution is 6.06. The van der Waals surface area contributed by atoms with Gasteiger partial charge < -0.3 is 23.8 Å². The maximum absolute atomic E-state index is 12.6. The number of carbonyl (C=O) groups excluding carboxylic acids is 3. The van der Waals surface area contributed by atoms with Gasteiger partial charge in [0.2, 0.25) is 0 Å². The summed E-state index contributed by atoms with van der Waals surface area (Å²) >= 11 is 0. The van der Waals surface area contributed by atoms with E-state index in [1.54, 1.807) is 51.2 Å². The van der Waals surface area contributed by atoms with Crippen LogP contribution >= 0.6 is 0 Å². The SMILES string of the molecule is COC(=O)C1=C(C(=O)OC)N(c2cccc3c2ccn3C(=O)OC(C)(C)C)COC1. The minimum absolute atomic E-state index is 0.0155. The Hall–Kier alpha value is -3.33. The smallest absolute Gasteiger partial charge is 0.418 e. The van der Waals surface area contributed by atoms with Crippen LogP contribution in [-0.2, 0) is 28.5 Å². The first kappa shape index (κ1) is 21.4. The molecule has 9 nitrogen and oxygen atoms in total. The van der Waals surface area contributed by atoms with E-state index in [0.29, 0.717) is 16.6 Å². The number of hydrogen-bond acceptors (Lipinski definition) is 8. The average molecular weight is 416 g/mol. The lowest BCUT2D eigenvalue weighted by molar-refractivity contribution is -0.140. The number of rotatable bonds is 3. The average Bonchev–Trinajstić information content (AvgIpc) is 3.15. The van der Waals surface area contributed by atoms with E-state index in [4.69, 9.17) is 18.9 Å². The summed E-state index contributed by atoms with van der Waals surface area (Å²) in [5.74, 6) is -1.37. The van der Waals surface area contributed by atoms with E-state index in [9.17, 15) is 14.4 Å². The fourth-order valence-electron chi connectivity index (χ4n) is 3.19. The summed E-state index contributed by atoms with van der Waals surface area (Å²) < 4.78 is 22.1. The topological polar surface area (TPSA) is 96.3 Å². The van der Waals surface area contributed by atoms with Crippen LogP contribution in [0.25, 0.3) is 10.9 Å². The molecule has 9 heteroatoms. The van der Waals surface area contributed by atoms with Crippen molar-refractivity contribution in [2.75, 3.05) is 32.5 Å². The van der Waals surface area contributed by atoms with Gasteiger partial charge in [-0.15, -0.1) is 0 Å². The van der Waals surface area contributed by atoms with Gasteiger partial charge in [0.1, 0.15) is 18.0 Å². The van der Waals surface area contributed by atoms with Crippen LogP contribution in [0, 0.1) is 0 Å². The van der Waals surface area contributed by atoms with Gasteiger partial charge in [0.25, 0.3) is 0 Å². The molecule has 0 amide bonds. The van der Waals surface area contributed by atoms with Crippen LogP contribution in [0.4, 0.5) is 10.5 Å². The summed E-state index contributed by atoms with van der Waals surface area (Å²) in [4.78, 5) is 38.8. The summed E-state index contributed by atoms with van der Waals surface area (Å²) in [6.45, 7) is 5.29. The molecule has 0 saturated heterocycles. The van der Waals surface area contributed by atoms with Crippen molar-refractivity contribution in [1.29, 1.82) is 0 Å². The van der Waals surface area contributed by atoms with Gasteiger partial charge in [-0.05, 0) is 39.0 Å². The molecule has 160 valence electrons. The molecule has 30 heavy (non-hydrogen) atoms. The Bertz CT molecular complexity index is 1030. The summed E-state index contributed by atoms with van der Waals surface area (Å²) in [5, 5.41) is 0.666. The van der Waals surface area contributed by atoms with Crippen molar-refractivity contribution >= 4 is 34.6 Å². The Kier molecular flexibility index (Phi) is 5.84. The number of fused-ring (bicyclic) bond motifs is 1. The molecule has 0 saturated carbocycles. The van der Waals surface area contributed by atoms with Crippen LogP contribution in [0.1, 0.15) is 20.8 Å². The quantitative estimate of drug-likeness (QED) is 0.557. The van der Waals surface area contributed by atoms with E-state index in [1.807, 2.05) is 0 Å². The highest BCUT2D eigenvalue weighted by Gasteiger charge is 2.33. The first-order valence-corrected chi connectivity index (χ1v) is 9.26. The zero-order valence-electron chi connectivity index (χ0n) is 17.6. The highest BCUT2D eigenvalue weighted by Crippen LogP contribution is 2.33. The number of benzene rings is 1. The molecule has 0 N–H and O–H groups in total. The molecule has 0 atom stereocenters. The van der Waals surface area contributed by atoms with Gasteiger partial charge in [0.05, 0.1) is 37.6 Å². The second-order valence-electron chi connectivity index (χ2n) is 7.59. The molecule has 1 aromatic carbocycles. The second kappa shape index (κ2) is 8.19. The Morgan fingerprint density at radius 2 is 1.73 bits per heavy atom. The molecule has 1 aromatic heterocycles. The number of nitrogens with zero attached hydrogens (tertiary/aromatic N) is 2. The van der Waals surface area contributed by atoms with Gasteiger partial charge >= 0.3 is 18.0 Å². The molecule has 0 fully saturated rings. The molecule has 0 unspecified atom stereocenters. The predicted octanol–water partition coefficient (Wildman–Crippen LogP) is 2.82. The number of carbonyl (C=O) groups is 3. The number of ether oxygens (including phenoxy) is 4. The molecule has 1 aliphatic rings. The Balaban J connectivity index is 2.13. The van der Waals surface area contributed by atoms with E-state index in [2.05, 4.69) is 0 Å². The predicted molar refractivity (Wildman–Crippen MR) is 108 cm³/mol. The number of esters is 2. The number of methoxy groups -OCH3 is 2. The van der Waals surface area contributed by atoms with Crippen LogP contribution in [0.3, 0.4) is 0 Å². The standard InChI is InChI=1S/C21H24N2O7/c1-21(2,3)30-20(26)22-10-9-13-15(22)7-6-8-16(13)23-12-29-11-14(18(24)27-4)17(23)19(25)28-5/h6-10H,11-12H2,1-5H3. The largest absolute Gasteiger partial charge is 0.466 e. The number of anilines is 1. The van der Waals surface area contributed by atoms with Crippen molar-refractivity contribution in [3.63, 3.8) is 0 Å². The van der Waals surface area contributed by atoms with E-state index >= 15 is 0 Å². The summed E-state index contributed by atoms with van der Waals surface area (Å²) in [7, 11) is 2.46. The minimum atomic E-state index is -0.692. The summed E-state index contributed by atoms with van der Waals surface area (Å²) in [6.07, 6.45) is 1.07. The third-order valence-electron chi connectivity index (χ3n) is 4.42. The first-order chi connectivity index (χ1) is 14.2. The maximum atomic E-state index is 12.6. The van der Waals surface area contributed by atoms with Crippen molar-refractivity contribution in [3.8, 4) is 0 Å². The van der Waals surface area contributed by atoms with Crippen molar-refractivity contribution in [2.45, 2.75) is 26.4 Å². The zero-order chi connectivity index (χ0) is 22.1. The Morgan fingerprint density at radius 3 is 2.37 bits per heavy atom. The third-order valence-corrected chi connectivity index (χ3v) is 4.42. The normalized spacial score (nSPS) is 14.6. The fraction of sp³-hybridized carbons (Fsp3) is 0.381. The monoisotopic (exact) mass is 416 g/mol. The van der Waals surface area contributed by atoms with Crippen LogP contribution in [0.2, 0.25) is 0 Å². The van der Waals surface area contributed by atoms with Gasteiger partial charge in [0, 0.05) is 11.6 Å². The summed E-state index contributed by atoms with van der Waals surface area (Å²) in [6, 6.07) is 6.99. The van der Waals surface area contributed by atoms with Gasteiger partial charge in [-0.2, -0.15) is 0 Å². The molecule has 1 aliphatic heterocycles. The van der Waals surface area contributed by atoms with Gasteiger partial charge in [-0.25, -0.2) is 14.4 Å². The van der Waals surface area contributed by atoms with Crippen molar-refractivity contribution in [2.24, 2.45) is 0 Å². The molecule has 0 radical (unpaired) electrons. The lowest BCUT2D eigenvalue weighted by Crippen LogP contribution is -2.38. The van der Waals surface area contributed by atoms with E-state index in [-0.39, 0.29) is 24.6 Å². The van der Waals surface area contributed by atoms with Crippen LogP contribution < -0.4 is 4.90 Å². The summed E-state index contributed by atoms with van der Waals surface area (Å²) in [5.41, 5.74) is 0.585. The lowest BCUT2D eigenvalue weighted by Gasteiger charge is -2.31. The molecular formula is C21H24N2O7. The molecule has 2 heterocycles. The van der Waals surface area contributed by atoms with Gasteiger partial charge in [-0.1, -0.05) is 6.07 Å². The third kappa shape index (κ3) is 4.02. The molecule has 0 aliphatic carbocycles. The van der Waals surface area contributed by atoms with Gasteiger partial charge in [-0.3, -0.25) is 4.57 Å². The maximum Gasteiger partial charge on any atom is 0.418 e. The van der Waals surface area contributed by atoms with Crippen molar-refractivity contribution in [1.82, 2.24) is 4.57 Å². The minimum Gasteiger partial charge on any atom is -0.466 e. The fourth-order valence-corrected chi connectivity index (χ4v) is 3.19. The van der Waals surface area contributed by atoms with Crippen LogP contribution in [0.5, 0.6) is 0 Å². The Labute approximate surface area is 173 Å². The molecule has 0 bridgehead atoms. The van der Waals surface area contributed by atoms with E-state index in [1.165, 1.54) is 23.7 Å². The first-order valence-electron chi connectivity index (χ1n) is 9.26. The highest BCUT2D eigenvalue weighted by atomic mass is 16.6. The van der Waals surface area contributed by atoms with Crippen LogP contribution in [0.15, 0.2) is 41.7 Å².